The highest BCUT2D eigenvalue weighted by Gasteiger charge is 2.57. The third kappa shape index (κ3) is 2.68. The maximum Gasteiger partial charge on any atom is 0.309 e. The Morgan fingerprint density at radius 1 is 1.41 bits per heavy atom. The quantitative estimate of drug-likeness (QED) is 0.559. The molecule has 0 aromatic heterocycles. The van der Waals surface area contributed by atoms with Crippen LogP contribution in [0.3, 0.4) is 0 Å². The number of hydrogen-bond acceptors (Lipinski definition) is 1. The number of rotatable bonds is 4. The molecule has 0 bridgehead atoms. The van der Waals surface area contributed by atoms with Gasteiger partial charge >= 0.3 is 5.97 Å². The zero-order valence-corrected chi connectivity index (χ0v) is 14.3. The van der Waals surface area contributed by atoms with E-state index in [1.807, 2.05) is 13.0 Å². The lowest BCUT2D eigenvalue weighted by molar-refractivity contribution is -0.164. The first kappa shape index (κ1) is 17.1. The van der Waals surface area contributed by atoms with E-state index in [9.17, 15) is 9.90 Å². The molecule has 2 aliphatic carbocycles. The molecule has 2 fully saturated rings. The fourth-order valence-electron chi connectivity index (χ4n) is 5.03. The standard InChI is InChI=1S/C20H30O2/c1-6-14(2)8-10-16-15(3)9-11-17-19(16,4)12-7-13-20(17,5)18(21)22/h6,8,16-17H,1,3,7,9-13H2,2,4-5H3,(H,21,22)/b14-8+/t16-,17?,19+,20-/m1/s1. The molecule has 1 N–H and O–H groups in total. The molecule has 0 aromatic rings. The minimum Gasteiger partial charge on any atom is -0.481 e. The molecule has 0 aromatic carbocycles. The summed E-state index contributed by atoms with van der Waals surface area (Å²) in [5.41, 5.74) is 1.97. The number of carboxylic acids is 1. The van der Waals surface area contributed by atoms with Crippen molar-refractivity contribution >= 4 is 5.97 Å². The van der Waals surface area contributed by atoms with Crippen LogP contribution in [0.2, 0.25) is 0 Å². The molecule has 0 amide bonds. The van der Waals surface area contributed by atoms with Crippen LogP contribution in [0, 0.1) is 22.7 Å². The summed E-state index contributed by atoms with van der Waals surface area (Å²) in [6, 6.07) is 0. The number of carboxylic acid groups (broad SMARTS) is 1. The molecule has 2 saturated carbocycles. The maximum atomic E-state index is 11.9. The van der Waals surface area contributed by atoms with Gasteiger partial charge in [0.15, 0.2) is 0 Å². The molecule has 122 valence electrons. The first-order valence-corrected chi connectivity index (χ1v) is 8.46. The van der Waals surface area contributed by atoms with Gasteiger partial charge in [-0.2, -0.15) is 0 Å². The Hall–Kier alpha value is -1.31. The third-order valence-corrected chi connectivity index (χ3v) is 6.51. The van der Waals surface area contributed by atoms with Crippen molar-refractivity contribution in [1.29, 1.82) is 0 Å². The Bertz CT molecular complexity index is 516. The Morgan fingerprint density at radius 3 is 2.68 bits per heavy atom. The number of carbonyl (C=O) groups is 1. The number of fused-ring (bicyclic) bond motifs is 1. The fourth-order valence-corrected chi connectivity index (χ4v) is 5.03. The van der Waals surface area contributed by atoms with Crippen LogP contribution >= 0.6 is 0 Å². The van der Waals surface area contributed by atoms with Gasteiger partial charge in [0, 0.05) is 0 Å². The zero-order chi connectivity index (χ0) is 16.5. The van der Waals surface area contributed by atoms with Crippen LogP contribution < -0.4 is 0 Å². The van der Waals surface area contributed by atoms with E-state index in [2.05, 4.69) is 33.1 Å². The van der Waals surface area contributed by atoms with Crippen LogP contribution in [0.15, 0.2) is 36.5 Å². The van der Waals surface area contributed by atoms with Crippen molar-refractivity contribution < 1.29 is 9.90 Å². The molecule has 0 aliphatic heterocycles. The van der Waals surface area contributed by atoms with Crippen LogP contribution in [-0.2, 0) is 4.79 Å². The van der Waals surface area contributed by atoms with Crippen LogP contribution in [0.1, 0.15) is 59.3 Å². The summed E-state index contributed by atoms with van der Waals surface area (Å²) in [5, 5.41) is 9.81. The first-order chi connectivity index (χ1) is 10.3. The third-order valence-electron chi connectivity index (χ3n) is 6.51. The van der Waals surface area contributed by atoms with E-state index in [0.29, 0.717) is 5.92 Å². The predicted octanol–water partition coefficient (Wildman–Crippen LogP) is 5.37. The molecule has 2 heteroatoms. The lowest BCUT2D eigenvalue weighted by atomic mass is 9.46. The molecule has 0 saturated heterocycles. The molecule has 22 heavy (non-hydrogen) atoms. The summed E-state index contributed by atoms with van der Waals surface area (Å²) in [5.74, 6) is 0.0202. The molecular weight excluding hydrogens is 272 g/mol. The van der Waals surface area contributed by atoms with Crippen molar-refractivity contribution in [2.45, 2.75) is 59.3 Å². The van der Waals surface area contributed by atoms with Gasteiger partial charge in [-0.15, -0.1) is 0 Å². The van der Waals surface area contributed by atoms with Gasteiger partial charge in [-0.1, -0.05) is 49.8 Å². The fraction of sp³-hybridized carbons (Fsp3) is 0.650. The topological polar surface area (TPSA) is 37.3 Å². The Kier molecular flexibility index (Phi) is 4.70. The predicted molar refractivity (Wildman–Crippen MR) is 91.6 cm³/mol. The molecule has 2 aliphatic rings. The van der Waals surface area contributed by atoms with Gasteiger partial charge in [-0.3, -0.25) is 4.79 Å². The molecule has 4 atom stereocenters. The second-order valence-electron chi connectivity index (χ2n) is 7.77. The monoisotopic (exact) mass is 302 g/mol. The van der Waals surface area contributed by atoms with Gasteiger partial charge in [0.1, 0.15) is 0 Å². The minimum atomic E-state index is -0.618. The van der Waals surface area contributed by atoms with Crippen LogP contribution in [0.25, 0.3) is 0 Å². The lowest BCUT2D eigenvalue weighted by Crippen LogP contribution is -2.53. The maximum absolute atomic E-state index is 11.9. The van der Waals surface area contributed by atoms with Crippen LogP contribution in [0.4, 0.5) is 0 Å². The molecule has 0 radical (unpaired) electrons. The van der Waals surface area contributed by atoms with E-state index < -0.39 is 11.4 Å². The van der Waals surface area contributed by atoms with Crippen molar-refractivity contribution in [3.05, 3.63) is 36.5 Å². The van der Waals surface area contributed by atoms with Gasteiger partial charge in [-0.25, -0.2) is 0 Å². The number of aliphatic carboxylic acids is 1. The summed E-state index contributed by atoms with van der Waals surface area (Å²) in [4.78, 5) is 11.9. The summed E-state index contributed by atoms with van der Waals surface area (Å²) in [7, 11) is 0. The van der Waals surface area contributed by atoms with Crippen molar-refractivity contribution in [2.75, 3.05) is 0 Å². The normalized spacial score (nSPS) is 39.2. The van der Waals surface area contributed by atoms with Crippen LogP contribution in [-0.4, -0.2) is 11.1 Å². The second-order valence-corrected chi connectivity index (χ2v) is 7.77. The summed E-state index contributed by atoms with van der Waals surface area (Å²) in [6.45, 7) is 14.5. The van der Waals surface area contributed by atoms with Gasteiger partial charge in [0.05, 0.1) is 5.41 Å². The Morgan fingerprint density at radius 2 is 2.09 bits per heavy atom. The van der Waals surface area contributed by atoms with Crippen molar-refractivity contribution in [3.8, 4) is 0 Å². The van der Waals surface area contributed by atoms with Gasteiger partial charge in [0.2, 0.25) is 0 Å². The molecule has 2 nitrogen and oxygen atoms in total. The van der Waals surface area contributed by atoms with Gasteiger partial charge in [-0.05, 0) is 63.2 Å². The molecule has 2 rings (SSSR count). The summed E-state index contributed by atoms with van der Waals surface area (Å²) < 4.78 is 0. The molecule has 1 unspecified atom stereocenters. The number of hydrogen-bond donors (Lipinski definition) is 1. The largest absolute Gasteiger partial charge is 0.481 e. The second kappa shape index (κ2) is 6.06. The first-order valence-electron chi connectivity index (χ1n) is 8.46. The van der Waals surface area contributed by atoms with Crippen molar-refractivity contribution in [1.82, 2.24) is 0 Å². The Labute approximate surface area is 135 Å². The highest BCUT2D eigenvalue weighted by molar-refractivity contribution is 5.75. The number of allylic oxidation sites excluding steroid dienone is 4. The van der Waals surface area contributed by atoms with Crippen LogP contribution in [0.5, 0.6) is 0 Å². The minimum absolute atomic E-state index is 0.0542. The lowest BCUT2D eigenvalue weighted by Gasteiger charge is -2.57. The van der Waals surface area contributed by atoms with Crippen molar-refractivity contribution in [3.63, 3.8) is 0 Å². The smallest absolute Gasteiger partial charge is 0.309 e. The van der Waals surface area contributed by atoms with E-state index in [0.717, 1.165) is 38.5 Å². The molecule has 0 spiro atoms. The average Bonchev–Trinajstić information content (AvgIpc) is 2.45. The average molecular weight is 302 g/mol. The van der Waals surface area contributed by atoms with E-state index >= 15 is 0 Å². The summed E-state index contributed by atoms with van der Waals surface area (Å²) in [6.07, 6.45) is 9.95. The molecular formula is C20H30O2. The highest BCUT2D eigenvalue weighted by Crippen LogP contribution is 2.61. The van der Waals surface area contributed by atoms with E-state index in [1.165, 1.54) is 11.1 Å². The summed E-state index contributed by atoms with van der Waals surface area (Å²) >= 11 is 0. The van der Waals surface area contributed by atoms with Gasteiger partial charge < -0.3 is 5.11 Å². The SMILES string of the molecule is C=C/C(C)=C/C[C@@H]1C(=C)CCC2[C@](C)(C(=O)O)CCC[C@]21C. The van der Waals surface area contributed by atoms with E-state index in [1.54, 1.807) is 0 Å². The highest BCUT2D eigenvalue weighted by atomic mass is 16.4. The zero-order valence-electron chi connectivity index (χ0n) is 14.3. The van der Waals surface area contributed by atoms with E-state index in [-0.39, 0.29) is 11.3 Å². The van der Waals surface area contributed by atoms with E-state index in [4.69, 9.17) is 0 Å². The van der Waals surface area contributed by atoms with Gasteiger partial charge in [0.25, 0.3) is 0 Å². The Balaban J connectivity index is 2.36. The molecule has 0 heterocycles. The van der Waals surface area contributed by atoms with Crippen molar-refractivity contribution in [2.24, 2.45) is 22.7 Å².